The van der Waals surface area contributed by atoms with Gasteiger partial charge in [-0.25, -0.2) is 0 Å². The highest BCUT2D eigenvalue weighted by molar-refractivity contribution is 6.18. The molecule has 0 aromatic rings. The summed E-state index contributed by atoms with van der Waals surface area (Å²) < 4.78 is 4.71. The molecule has 0 aliphatic carbocycles. The molecule has 1 N–H and O–H groups in total. The smallest absolute Gasteiger partial charge is 0.166 e. The minimum atomic E-state index is -0.710. The van der Waals surface area contributed by atoms with Crippen molar-refractivity contribution in [1.29, 1.82) is 0 Å². The maximum absolute atomic E-state index is 10.8. The van der Waals surface area contributed by atoms with Crippen molar-refractivity contribution < 1.29 is 14.6 Å². The third-order valence-electron chi connectivity index (χ3n) is 1.31. The highest BCUT2D eigenvalue weighted by atomic mass is 35.5. The molecule has 0 amide bonds. The second-order valence-electron chi connectivity index (χ2n) is 2.30. The molecule has 10 heavy (non-hydrogen) atoms. The van der Waals surface area contributed by atoms with E-state index in [1.165, 1.54) is 0 Å². The van der Waals surface area contributed by atoms with Gasteiger partial charge in [0, 0.05) is 12.3 Å². The van der Waals surface area contributed by atoms with Gasteiger partial charge in [-0.05, 0) is 0 Å². The van der Waals surface area contributed by atoms with Gasteiger partial charge in [0.2, 0.25) is 0 Å². The fourth-order valence-electron chi connectivity index (χ4n) is 0.652. The molecule has 1 fully saturated rings. The Kier molecular flexibility index (Phi) is 2.65. The summed E-state index contributed by atoms with van der Waals surface area (Å²) in [5.74, 6) is 0.0616. The molecule has 1 rings (SSSR count). The molecule has 2 atom stereocenters. The van der Waals surface area contributed by atoms with Gasteiger partial charge in [-0.1, -0.05) is 0 Å². The maximum atomic E-state index is 10.8. The normalized spacial score (nSPS) is 26.0. The average Bonchev–Trinajstić information content (AvgIpc) is 2.68. The number of epoxide rings is 1. The van der Waals surface area contributed by atoms with Crippen molar-refractivity contribution in [2.45, 2.75) is 18.6 Å². The number of carbonyl (C=O) groups is 1. The summed E-state index contributed by atoms with van der Waals surface area (Å²) in [6.07, 6.45) is -0.843. The second-order valence-corrected chi connectivity index (χ2v) is 2.61. The molecule has 58 valence electrons. The van der Waals surface area contributed by atoms with E-state index >= 15 is 0 Å². The van der Waals surface area contributed by atoms with Gasteiger partial charge in [-0.15, -0.1) is 11.6 Å². The molecule has 0 aromatic carbocycles. The van der Waals surface area contributed by atoms with Crippen LogP contribution in [-0.4, -0.2) is 35.6 Å². The molecule has 4 heteroatoms. The van der Waals surface area contributed by atoms with E-state index in [1.807, 2.05) is 0 Å². The molecule has 0 radical (unpaired) electrons. The molecular weight excluding hydrogens is 156 g/mol. The molecule has 1 heterocycles. The Morgan fingerprint density at radius 2 is 2.50 bits per heavy atom. The minimum Gasteiger partial charge on any atom is -0.391 e. The molecule has 1 aliphatic rings. The molecule has 0 aromatic heterocycles. The van der Waals surface area contributed by atoms with Gasteiger partial charge < -0.3 is 9.84 Å². The summed E-state index contributed by atoms with van der Waals surface area (Å²) in [5.41, 5.74) is 0. The van der Waals surface area contributed by atoms with E-state index in [0.29, 0.717) is 6.61 Å². The van der Waals surface area contributed by atoms with E-state index < -0.39 is 6.10 Å². The Bertz CT molecular complexity index is 133. The zero-order chi connectivity index (χ0) is 7.56. The van der Waals surface area contributed by atoms with Crippen LogP contribution in [-0.2, 0) is 9.53 Å². The minimum absolute atomic E-state index is 0.0480. The van der Waals surface area contributed by atoms with Gasteiger partial charge in [0.1, 0.15) is 6.10 Å². The monoisotopic (exact) mass is 164 g/mol. The van der Waals surface area contributed by atoms with Gasteiger partial charge in [-0.2, -0.15) is 0 Å². The number of ketones is 1. The zero-order valence-corrected chi connectivity index (χ0v) is 6.17. The number of aliphatic hydroxyl groups excluding tert-OH is 1. The lowest BCUT2D eigenvalue weighted by Crippen LogP contribution is -2.18. The van der Waals surface area contributed by atoms with Gasteiger partial charge in [0.05, 0.1) is 12.7 Å². The fraction of sp³-hybridized carbons (Fsp3) is 0.833. The Hall–Kier alpha value is -0.120. The lowest BCUT2D eigenvalue weighted by molar-refractivity contribution is -0.121. The number of alkyl halides is 1. The number of Topliss-reactive ketones (excluding diaryl/α,β-unsaturated/α-hetero) is 1. The van der Waals surface area contributed by atoms with Crippen LogP contribution >= 0.6 is 11.6 Å². The standard InChI is InChI=1S/C6H9ClO3/c7-2-4(8)1-5(9)6-3-10-6/h4,6,8H,1-3H2/t4-,6?/m0/s1. The van der Waals surface area contributed by atoms with Crippen molar-refractivity contribution in [1.82, 2.24) is 0 Å². The van der Waals surface area contributed by atoms with Crippen LogP contribution in [0.15, 0.2) is 0 Å². The number of halogens is 1. The number of ether oxygens (including phenoxy) is 1. The predicted molar refractivity (Wildman–Crippen MR) is 36.1 cm³/mol. The molecular formula is C6H9ClO3. The molecule has 0 spiro atoms. The third kappa shape index (κ3) is 2.25. The van der Waals surface area contributed by atoms with Crippen LogP contribution < -0.4 is 0 Å². The second kappa shape index (κ2) is 3.32. The number of rotatable bonds is 4. The lowest BCUT2D eigenvalue weighted by Gasteiger charge is -2.01. The highest BCUT2D eigenvalue weighted by Crippen LogP contribution is 2.13. The average molecular weight is 165 g/mol. The molecule has 1 unspecified atom stereocenters. The largest absolute Gasteiger partial charge is 0.391 e. The van der Waals surface area contributed by atoms with E-state index in [2.05, 4.69) is 0 Å². The third-order valence-corrected chi connectivity index (χ3v) is 1.66. The summed E-state index contributed by atoms with van der Waals surface area (Å²) >= 11 is 5.28. The van der Waals surface area contributed by atoms with E-state index in [4.69, 9.17) is 21.4 Å². The topological polar surface area (TPSA) is 49.8 Å². The van der Waals surface area contributed by atoms with Crippen molar-refractivity contribution in [3.05, 3.63) is 0 Å². The molecule has 3 nitrogen and oxygen atoms in total. The summed E-state index contributed by atoms with van der Waals surface area (Å²) in [6, 6.07) is 0. The van der Waals surface area contributed by atoms with Gasteiger partial charge >= 0.3 is 0 Å². The Labute approximate surface area is 63.9 Å². The molecule has 0 bridgehead atoms. The van der Waals surface area contributed by atoms with Crippen molar-refractivity contribution in [2.24, 2.45) is 0 Å². The van der Waals surface area contributed by atoms with Gasteiger partial charge in [-0.3, -0.25) is 4.79 Å². The number of carbonyl (C=O) groups excluding carboxylic acids is 1. The van der Waals surface area contributed by atoms with E-state index in [-0.39, 0.29) is 24.2 Å². The highest BCUT2D eigenvalue weighted by Gasteiger charge is 2.31. The SMILES string of the molecule is O=C(C[C@H](O)CCl)C1CO1. The van der Waals surface area contributed by atoms with Crippen LogP contribution in [0, 0.1) is 0 Å². The van der Waals surface area contributed by atoms with E-state index in [0.717, 1.165) is 0 Å². The van der Waals surface area contributed by atoms with Crippen molar-refractivity contribution in [2.75, 3.05) is 12.5 Å². The van der Waals surface area contributed by atoms with Crippen LogP contribution in [0.25, 0.3) is 0 Å². The summed E-state index contributed by atoms with van der Waals surface area (Å²) in [5, 5.41) is 8.90. The van der Waals surface area contributed by atoms with Crippen molar-refractivity contribution >= 4 is 17.4 Å². The first-order valence-electron chi connectivity index (χ1n) is 3.12. The predicted octanol–water partition coefficient (Wildman–Crippen LogP) is -0.0559. The van der Waals surface area contributed by atoms with Crippen LogP contribution in [0.2, 0.25) is 0 Å². The maximum Gasteiger partial charge on any atom is 0.166 e. The summed E-state index contributed by atoms with van der Waals surface area (Å²) in [4.78, 5) is 10.8. The Morgan fingerprint density at radius 1 is 1.90 bits per heavy atom. The molecule has 1 saturated heterocycles. The number of hydrogen-bond donors (Lipinski definition) is 1. The fourth-order valence-corrected chi connectivity index (χ4v) is 0.761. The van der Waals surface area contributed by atoms with Crippen molar-refractivity contribution in [3.8, 4) is 0 Å². The first-order valence-corrected chi connectivity index (χ1v) is 3.66. The Morgan fingerprint density at radius 3 is 2.90 bits per heavy atom. The quantitative estimate of drug-likeness (QED) is 0.468. The Balaban J connectivity index is 2.16. The van der Waals surface area contributed by atoms with Crippen molar-refractivity contribution in [3.63, 3.8) is 0 Å². The van der Waals surface area contributed by atoms with Crippen LogP contribution in [0.4, 0.5) is 0 Å². The van der Waals surface area contributed by atoms with Crippen LogP contribution in [0.5, 0.6) is 0 Å². The summed E-state index contributed by atoms with van der Waals surface area (Å²) in [7, 11) is 0. The first kappa shape index (κ1) is 7.98. The van der Waals surface area contributed by atoms with Crippen LogP contribution in [0.1, 0.15) is 6.42 Å². The van der Waals surface area contributed by atoms with E-state index in [1.54, 1.807) is 0 Å². The number of aliphatic hydroxyl groups is 1. The number of hydrogen-bond acceptors (Lipinski definition) is 3. The molecule has 0 saturated carbocycles. The van der Waals surface area contributed by atoms with E-state index in [9.17, 15) is 4.79 Å². The summed E-state index contributed by atoms with van der Waals surface area (Å²) in [6.45, 7) is 0.508. The zero-order valence-electron chi connectivity index (χ0n) is 5.42. The molecule has 1 aliphatic heterocycles. The van der Waals surface area contributed by atoms with Crippen LogP contribution in [0.3, 0.4) is 0 Å². The van der Waals surface area contributed by atoms with Gasteiger partial charge in [0.15, 0.2) is 5.78 Å². The lowest BCUT2D eigenvalue weighted by atomic mass is 10.1. The first-order chi connectivity index (χ1) is 4.74. The van der Waals surface area contributed by atoms with Gasteiger partial charge in [0.25, 0.3) is 0 Å².